The number of carbonyl (C=O) groups is 1. The third-order valence-electron chi connectivity index (χ3n) is 3.95. The van der Waals surface area contributed by atoms with Crippen molar-refractivity contribution in [3.63, 3.8) is 0 Å². The van der Waals surface area contributed by atoms with Crippen molar-refractivity contribution in [1.29, 1.82) is 0 Å². The zero-order valence-electron chi connectivity index (χ0n) is 16.0. The Kier molecular flexibility index (Phi) is 7.26. The molecule has 0 fully saturated rings. The van der Waals surface area contributed by atoms with E-state index in [-0.39, 0.29) is 0 Å². The molecular formula is C21H26N4O2. The number of amides is 1. The van der Waals surface area contributed by atoms with Crippen LogP contribution < -0.4 is 5.32 Å². The summed E-state index contributed by atoms with van der Waals surface area (Å²) in [7, 11) is 0. The summed E-state index contributed by atoms with van der Waals surface area (Å²) in [4.78, 5) is 15.4. The van der Waals surface area contributed by atoms with Gasteiger partial charge in [-0.15, -0.1) is 0 Å². The topological polar surface area (TPSA) is 87.1 Å². The highest BCUT2D eigenvalue weighted by Crippen LogP contribution is 2.16. The molecule has 0 unspecified atom stereocenters. The van der Waals surface area contributed by atoms with Crippen LogP contribution >= 0.6 is 0 Å². The summed E-state index contributed by atoms with van der Waals surface area (Å²) in [5.41, 5.74) is 10.5. The Morgan fingerprint density at radius 3 is 2.04 bits per heavy atom. The molecule has 0 bridgehead atoms. The van der Waals surface area contributed by atoms with Gasteiger partial charge in [-0.3, -0.25) is 0 Å². The van der Waals surface area contributed by atoms with E-state index in [1.807, 2.05) is 81.4 Å². The number of hydrogen-bond acceptors (Lipinski definition) is 3. The largest absolute Gasteiger partial charge is 0.444 e. The predicted molar refractivity (Wildman–Crippen MR) is 106 cm³/mol. The molecule has 2 aromatic rings. The van der Waals surface area contributed by atoms with E-state index in [0.29, 0.717) is 12.8 Å². The van der Waals surface area contributed by atoms with Gasteiger partial charge >= 0.3 is 6.09 Å². The maximum Gasteiger partial charge on any atom is 0.407 e. The SMILES string of the molecule is CC(C)(C)OC(=O)N[C@@H](Cc1ccccc1)[C@@H](Cc1ccccc1)N=[N+]=[N-]. The first-order valence-corrected chi connectivity index (χ1v) is 8.99. The van der Waals surface area contributed by atoms with E-state index >= 15 is 0 Å². The predicted octanol–water partition coefficient (Wildman–Crippen LogP) is 5.04. The molecule has 142 valence electrons. The van der Waals surface area contributed by atoms with Gasteiger partial charge in [-0.05, 0) is 50.3 Å². The van der Waals surface area contributed by atoms with Crippen molar-refractivity contribution in [1.82, 2.24) is 5.32 Å². The van der Waals surface area contributed by atoms with E-state index in [0.717, 1.165) is 11.1 Å². The van der Waals surface area contributed by atoms with Gasteiger partial charge in [0.25, 0.3) is 0 Å². The first-order valence-electron chi connectivity index (χ1n) is 8.99. The van der Waals surface area contributed by atoms with Crippen LogP contribution in [0.15, 0.2) is 65.8 Å². The van der Waals surface area contributed by atoms with Gasteiger partial charge in [-0.2, -0.15) is 0 Å². The van der Waals surface area contributed by atoms with Crippen LogP contribution in [0.1, 0.15) is 31.9 Å². The highest BCUT2D eigenvalue weighted by molar-refractivity contribution is 5.68. The number of hydrogen-bond donors (Lipinski definition) is 1. The molecule has 0 aromatic heterocycles. The quantitative estimate of drug-likeness (QED) is 0.422. The summed E-state index contributed by atoms with van der Waals surface area (Å²) in [6, 6.07) is 18.7. The molecule has 0 aliphatic carbocycles. The van der Waals surface area contributed by atoms with E-state index in [9.17, 15) is 4.79 Å². The molecule has 2 atom stereocenters. The molecule has 27 heavy (non-hydrogen) atoms. The Labute approximate surface area is 160 Å². The van der Waals surface area contributed by atoms with Gasteiger partial charge in [0.1, 0.15) is 5.60 Å². The first kappa shape index (κ1) is 20.3. The van der Waals surface area contributed by atoms with Gasteiger partial charge in [0.05, 0.1) is 6.04 Å². The molecule has 0 saturated heterocycles. The lowest BCUT2D eigenvalue weighted by Crippen LogP contribution is -2.46. The van der Waals surface area contributed by atoms with Crippen LogP contribution in [0.5, 0.6) is 0 Å². The zero-order chi connectivity index (χ0) is 19.7. The summed E-state index contributed by atoms with van der Waals surface area (Å²) in [5.74, 6) is 0. The van der Waals surface area contributed by atoms with Crippen molar-refractivity contribution < 1.29 is 9.53 Å². The fourth-order valence-electron chi connectivity index (χ4n) is 2.80. The van der Waals surface area contributed by atoms with Gasteiger partial charge in [0.15, 0.2) is 0 Å². The minimum Gasteiger partial charge on any atom is -0.444 e. The summed E-state index contributed by atoms with van der Waals surface area (Å²) in [5, 5.41) is 6.88. The van der Waals surface area contributed by atoms with E-state index in [1.54, 1.807) is 0 Å². The second-order valence-electron chi connectivity index (χ2n) is 7.40. The smallest absolute Gasteiger partial charge is 0.407 e. The maximum atomic E-state index is 12.4. The van der Waals surface area contributed by atoms with Crippen LogP contribution in [0.25, 0.3) is 10.4 Å². The monoisotopic (exact) mass is 366 g/mol. The lowest BCUT2D eigenvalue weighted by molar-refractivity contribution is 0.0496. The molecule has 6 nitrogen and oxygen atoms in total. The van der Waals surface area contributed by atoms with E-state index in [2.05, 4.69) is 15.3 Å². The number of azide groups is 1. The Hall–Kier alpha value is -2.98. The minimum absolute atomic E-state index is 0.390. The van der Waals surface area contributed by atoms with Gasteiger partial charge < -0.3 is 10.1 Å². The minimum atomic E-state index is -0.602. The normalized spacial score (nSPS) is 13.1. The average Bonchev–Trinajstić information content (AvgIpc) is 2.61. The second-order valence-corrected chi connectivity index (χ2v) is 7.40. The molecular weight excluding hydrogens is 340 g/mol. The molecule has 2 aromatic carbocycles. The van der Waals surface area contributed by atoms with Crippen molar-refractivity contribution in [2.24, 2.45) is 5.11 Å². The number of rotatable bonds is 7. The lowest BCUT2D eigenvalue weighted by Gasteiger charge is -2.27. The number of benzene rings is 2. The van der Waals surface area contributed by atoms with Crippen LogP contribution in [0.2, 0.25) is 0 Å². The average molecular weight is 366 g/mol. The van der Waals surface area contributed by atoms with Crippen LogP contribution in [0.3, 0.4) is 0 Å². The molecule has 2 rings (SSSR count). The van der Waals surface area contributed by atoms with Crippen molar-refractivity contribution in [2.45, 2.75) is 51.3 Å². The Bertz CT molecular complexity index is 766. The maximum absolute atomic E-state index is 12.4. The molecule has 0 saturated carbocycles. The highest BCUT2D eigenvalue weighted by Gasteiger charge is 2.26. The van der Waals surface area contributed by atoms with E-state index < -0.39 is 23.8 Å². The summed E-state index contributed by atoms with van der Waals surface area (Å²) >= 11 is 0. The Morgan fingerprint density at radius 1 is 1.04 bits per heavy atom. The number of alkyl carbamates (subject to hydrolysis) is 1. The van der Waals surface area contributed by atoms with E-state index in [1.165, 1.54) is 0 Å². The van der Waals surface area contributed by atoms with Crippen molar-refractivity contribution in [3.8, 4) is 0 Å². The van der Waals surface area contributed by atoms with Crippen LogP contribution in [0, 0.1) is 0 Å². The fourth-order valence-corrected chi connectivity index (χ4v) is 2.80. The number of nitrogens with zero attached hydrogens (tertiary/aromatic N) is 3. The molecule has 0 heterocycles. The summed E-state index contributed by atoms with van der Waals surface area (Å²) in [6.07, 6.45) is 0.545. The summed E-state index contributed by atoms with van der Waals surface area (Å²) < 4.78 is 5.40. The fraction of sp³-hybridized carbons (Fsp3) is 0.381. The van der Waals surface area contributed by atoms with Crippen molar-refractivity contribution >= 4 is 6.09 Å². The lowest BCUT2D eigenvalue weighted by atomic mass is 9.95. The Balaban J connectivity index is 2.23. The van der Waals surface area contributed by atoms with Crippen molar-refractivity contribution in [2.75, 3.05) is 0 Å². The van der Waals surface area contributed by atoms with Gasteiger partial charge in [0.2, 0.25) is 0 Å². The van der Waals surface area contributed by atoms with Crippen LogP contribution in [-0.2, 0) is 17.6 Å². The van der Waals surface area contributed by atoms with Gasteiger partial charge in [-0.25, -0.2) is 4.79 Å². The van der Waals surface area contributed by atoms with Gasteiger partial charge in [-0.1, -0.05) is 65.8 Å². The number of nitrogens with one attached hydrogen (secondary N) is 1. The van der Waals surface area contributed by atoms with Crippen LogP contribution in [-0.4, -0.2) is 23.8 Å². The molecule has 6 heteroatoms. The highest BCUT2D eigenvalue weighted by atomic mass is 16.6. The first-order chi connectivity index (χ1) is 12.9. The standard InChI is InChI=1S/C21H26N4O2/c1-21(2,3)27-20(26)23-18(14-16-10-6-4-7-11-16)19(24-25-22)15-17-12-8-5-9-13-17/h4-13,18-19H,14-15H2,1-3H3,(H,23,26)/t18-,19+/m0/s1. The molecule has 0 spiro atoms. The molecule has 0 radical (unpaired) electrons. The Morgan fingerprint density at radius 2 is 1.56 bits per heavy atom. The molecule has 1 N–H and O–H groups in total. The second kappa shape index (κ2) is 9.64. The van der Waals surface area contributed by atoms with Crippen molar-refractivity contribution in [3.05, 3.63) is 82.2 Å². The van der Waals surface area contributed by atoms with Crippen LogP contribution in [0.4, 0.5) is 4.79 Å². The third-order valence-corrected chi connectivity index (χ3v) is 3.95. The van der Waals surface area contributed by atoms with Gasteiger partial charge in [0, 0.05) is 11.0 Å². The molecule has 0 aliphatic heterocycles. The molecule has 0 aliphatic rings. The number of ether oxygens (including phenoxy) is 1. The number of carbonyl (C=O) groups excluding carboxylic acids is 1. The molecule has 1 amide bonds. The zero-order valence-corrected chi connectivity index (χ0v) is 16.0. The summed E-state index contributed by atoms with van der Waals surface area (Å²) in [6.45, 7) is 5.44. The van der Waals surface area contributed by atoms with E-state index in [4.69, 9.17) is 10.3 Å². The third kappa shape index (κ3) is 7.42.